The number of nitrogens with zero attached hydrogens (tertiary/aromatic N) is 4. The van der Waals surface area contributed by atoms with Crippen LogP contribution in [0.3, 0.4) is 0 Å². The Morgan fingerprint density at radius 1 is 1.05 bits per heavy atom. The Bertz CT molecular complexity index is 1410. The number of imidazole rings is 1. The fourth-order valence-corrected chi connectivity index (χ4v) is 4.87. The van der Waals surface area contributed by atoms with E-state index in [0.717, 1.165) is 11.4 Å². The second kappa shape index (κ2) is 10.5. The van der Waals surface area contributed by atoms with E-state index in [9.17, 15) is 14.0 Å². The predicted octanol–water partition coefficient (Wildman–Crippen LogP) is 5.64. The van der Waals surface area contributed by atoms with Crippen LogP contribution in [0.4, 0.5) is 10.1 Å². The van der Waals surface area contributed by atoms with Crippen molar-refractivity contribution in [1.82, 2.24) is 19.4 Å². The van der Waals surface area contributed by atoms with Crippen molar-refractivity contribution in [2.45, 2.75) is 25.7 Å². The molecule has 1 N–H and O–H groups in total. The molecule has 1 saturated heterocycles. The summed E-state index contributed by atoms with van der Waals surface area (Å²) in [6, 6.07) is 15.3. The summed E-state index contributed by atoms with van der Waals surface area (Å²) in [7, 11) is 0. The molecule has 3 heterocycles. The molecule has 0 unspecified atom stereocenters. The van der Waals surface area contributed by atoms with Gasteiger partial charge in [-0.05, 0) is 68.3 Å². The highest BCUT2D eigenvalue weighted by molar-refractivity contribution is 6.33. The van der Waals surface area contributed by atoms with E-state index in [1.54, 1.807) is 23.5 Å². The van der Waals surface area contributed by atoms with Gasteiger partial charge in [-0.2, -0.15) is 0 Å². The lowest BCUT2D eigenvalue weighted by Gasteiger charge is -2.32. The van der Waals surface area contributed by atoms with Gasteiger partial charge in [0.05, 0.1) is 28.2 Å². The van der Waals surface area contributed by atoms with Crippen LogP contribution >= 0.6 is 11.6 Å². The number of pyridine rings is 1. The number of benzene rings is 2. The van der Waals surface area contributed by atoms with Crippen molar-refractivity contribution in [3.05, 3.63) is 107 Å². The number of piperidine rings is 1. The van der Waals surface area contributed by atoms with Gasteiger partial charge >= 0.3 is 0 Å². The Morgan fingerprint density at radius 2 is 1.81 bits per heavy atom. The van der Waals surface area contributed by atoms with Crippen LogP contribution in [0.15, 0.2) is 73.3 Å². The molecule has 2 aromatic carbocycles. The number of aromatic nitrogens is 3. The number of nitrogens with one attached hydrogen (secondary N) is 1. The van der Waals surface area contributed by atoms with Gasteiger partial charge in [0, 0.05) is 48.5 Å². The van der Waals surface area contributed by atoms with Crippen molar-refractivity contribution in [3.63, 3.8) is 0 Å². The second-order valence-electron chi connectivity index (χ2n) is 9.02. The maximum absolute atomic E-state index is 14.3. The summed E-state index contributed by atoms with van der Waals surface area (Å²) in [5.41, 5.74) is 3.53. The molecule has 4 aromatic rings. The summed E-state index contributed by atoms with van der Waals surface area (Å²) in [5.74, 6) is -1.30. The van der Waals surface area contributed by atoms with Crippen LogP contribution in [0.25, 0.3) is 5.69 Å². The number of anilines is 1. The van der Waals surface area contributed by atoms with E-state index in [2.05, 4.69) is 10.3 Å². The third-order valence-electron chi connectivity index (χ3n) is 6.58. The lowest BCUT2D eigenvalue weighted by atomic mass is 9.89. The van der Waals surface area contributed by atoms with E-state index >= 15 is 0 Å². The molecular weight excluding hydrogens is 493 g/mol. The number of hydrogen-bond acceptors (Lipinski definition) is 4. The molecule has 0 radical (unpaired) electrons. The molecule has 2 amide bonds. The Kier molecular flexibility index (Phi) is 7.01. The molecule has 0 spiro atoms. The molecule has 0 atom stereocenters. The lowest BCUT2D eigenvalue weighted by molar-refractivity contribution is 0.0706. The summed E-state index contributed by atoms with van der Waals surface area (Å²) in [6.45, 7) is 2.72. The number of likely N-dealkylation sites (tertiary alicyclic amines) is 1. The lowest BCUT2D eigenvalue weighted by Crippen LogP contribution is -2.39. The molecule has 37 heavy (non-hydrogen) atoms. The van der Waals surface area contributed by atoms with Crippen LogP contribution in [0.2, 0.25) is 5.02 Å². The number of carbonyl (C=O) groups excluding carboxylic acids is 2. The van der Waals surface area contributed by atoms with Crippen molar-refractivity contribution < 1.29 is 14.0 Å². The van der Waals surface area contributed by atoms with Crippen LogP contribution < -0.4 is 5.32 Å². The summed E-state index contributed by atoms with van der Waals surface area (Å²) in [4.78, 5) is 36.5. The molecule has 5 rings (SSSR count). The number of hydrogen-bond donors (Lipinski definition) is 1. The summed E-state index contributed by atoms with van der Waals surface area (Å²) in [5, 5.41) is 3.07. The Hall–Kier alpha value is -4.04. The van der Waals surface area contributed by atoms with Gasteiger partial charge < -0.3 is 14.8 Å². The molecular formula is C28H25ClFN5O2. The highest BCUT2D eigenvalue weighted by Crippen LogP contribution is 2.31. The molecule has 7 nitrogen and oxygen atoms in total. The van der Waals surface area contributed by atoms with E-state index in [4.69, 9.17) is 16.6 Å². The topological polar surface area (TPSA) is 80.1 Å². The van der Waals surface area contributed by atoms with E-state index in [-0.39, 0.29) is 22.4 Å². The van der Waals surface area contributed by atoms with Crippen molar-refractivity contribution in [1.29, 1.82) is 0 Å². The molecule has 188 valence electrons. The number of aryl methyl sites for hydroxylation is 1. The highest BCUT2D eigenvalue weighted by Gasteiger charge is 2.30. The number of rotatable bonds is 5. The van der Waals surface area contributed by atoms with Gasteiger partial charge in [0.2, 0.25) is 0 Å². The normalized spacial score (nSPS) is 14.0. The predicted molar refractivity (Wildman–Crippen MR) is 140 cm³/mol. The molecule has 1 fully saturated rings. The Morgan fingerprint density at radius 3 is 2.49 bits per heavy atom. The van der Waals surface area contributed by atoms with Crippen molar-refractivity contribution in [2.24, 2.45) is 0 Å². The fourth-order valence-electron chi connectivity index (χ4n) is 4.62. The smallest absolute Gasteiger partial charge is 0.258 e. The molecule has 9 heteroatoms. The zero-order valence-electron chi connectivity index (χ0n) is 20.2. The number of amides is 2. The van der Waals surface area contributed by atoms with Gasteiger partial charge in [0.25, 0.3) is 11.8 Å². The zero-order chi connectivity index (χ0) is 25.9. The van der Waals surface area contributed by atoms with Crippen molar-refractivity contribution >= 4 is 29.1 Å². The standard InChI is InChI=1S/C28H25ClFN5O2/c1-18-5-10-22(27(36)33-20-6-8-21(9-7-20)35-16-13-31-17-35)26(32-18)19-11-14-34(15-12-19)28(37)25-23(29)3-2-4-24(25)30/h2-10,13,16-17,19H,11-12,14-15H2,1H3,(H,33,36). The minimum atomic E-state index is -0.628. The number of carbonyl (C=O) groups is 2. The van der Waals surface area contributed by atoms with E-state index in [1.165, 1.54) is 18.2 Å². The minimum absolute atomic E-state index is 0.00981. The summed E-state index contributed by atoms with van der Waals surface area (Å²) in [6.07, 6.45) is 6.47. The van der Waals surface area contributed by atoms with Crippen molar-refractivity contribution in [3.8, 4) is 5.69 Å². The Balaban J connectivity index is 1.29. The van der Waals surface area contributed by atoms with Crippen molar-refractivity contribution in [2.75, 3.05) is 18.4 Å². The van der Waals surface area contributed by atoms with Gasteiger partial charge in [-0.25, -0.2) is 9.37 Å². The van der Waals surface area contributed by atoms with E-state index in [1.807, 2.05) is 48.0 Å². The molecule has 0 bridgehead atoms. The highest BCUT2D eigenvalue weighted by atomic mass is 35.5. The quantitative estimate of drug-likeness (QED) is 0.371. The third-order valence-corrected chi connectivity index (χ3v) is 6.90. The maximum Gasteiger partial charge on any atom is 0.258 e. The van der Waals surface area contributed by atoms with Crippen LogP contribution in [0.1, 0.15) is 50.9 Å². The van der Waals surface area contributed by atoms with Gasteiger partial charge in [-0.1, -0.05) is 17.7 Å². The van der Waals surface area contributed by atoms with Crippen LogP contribution in [-0.2, 0) is 0 Å². The van der Waals surface area contributed by atoms with Gasteiger partial charge in [0.15, 0.2) is 0 Å². The average Bonchev–Trinajstić information content (AvgIpc) is 3.44. The van der Waals surface area contributed by atoms with Crippen LogP contribution in [0, 0.1) is 12.7 Å². The second-order valence-corrected chi connectivity index (χ2v) is 9.43. The zero-order valence-corrected chi connectivity index (χ0v) is 21.0. The SMILES string of the molecule is Cc1ccc(C(=O)Nc2ccc(-n3ccnc3)cc2)c(C2CCN(C(=O)c3c(F)cccc3Cl)CC2)n1. The first kappa shape index (κ1) is 24.6. The van der Waals surface area contributed by atoms with Gasteiger partial charge in [-0.15, -0.1) is 0 Å². The van der Waals surface area contributed by atoms with Gasteiger partial charge in [0.1, 0.15) is 5.82 Å². The largest absolute Gasteiger partial charge is 0.338 e. The molecule has 2 aromatic heterocycles. The van der Waals surface area contributed by atoms with E-state index in [0.29, 0.717) is 42.9 Å². The molecule has 1 aliphatic heterocycles. The monoisotopic (exact) mass is 517 g/mol. The minimum Gasteiger partial charge on any atom is -0.338 e. The molecule has 1 aliphatic rings. The maximum atomic E-state index is 14.3. The van der Waals surface area contributed by atoms with Gasteiger partial charge in [-0.3, -0.25) is 14.6 Å². The Labute approximate surface area is 218 Å². The summed E-state index contributed by atoms with van der Waals surface area (Å²) < 4.78 is 16.1. The van der Waals surface area contributed by atoms with E-state index < -0.39 is 11.7 Å². The average molecular weight is 518 g/mol. The first-order valence-electron chi connectivity index (χ1n) is 12.0. The first-order chi connectivity index (χ1) is 17.9. The number of halogens is 2. The fraction of sp³-hybridized carbons (Fsp3) is 0.214. The molecule has 0 aliphatic carbocycles. The third kappa shape index (κ3) is 5.24. The van der Waals surface area contributed by atoms with Crippen LogP contribution in [-0.4, -0.2) is 44.3 Å². The molecule has 0 saturated carbocycles. The summed E-state index contributed by atoms with van der Waals surface area (Å²) >= 11 is 6.10. The first-order valence-corrected chi connectivity index (χ1v) is 12.4. The van der Waals surface area contributed by atoms with Crippen LogP contribution in [0.5, 0.6) is 0 Å².